The van der Waals surface area contributed by atoms with Crippen LogP contribution in [0.1, 0.15) is 31.1 Å². The molecule has 0 atom stereocenters. The first kappa shape index (κ1) is 18.6. The lowest BCUT2D eigenvalue weighted by molar-refractivity contribution is 0.0986. The van der Waals surface area contributed by atoms with Crippen LogP contribution in [0.2, 0.25) is 10.0 Å². The van der Waals surface area contributed by atoms with Gasteiger partial charge in [-0.3, -0.25) is 9.69 Å². The van der Waals surface area contributed by atoms with Gasteiger partial charge in [-0.2, -0.15) is 0 Å². The van der Waals surface area contributed by atoms with Crippen LogP contribution in [0.5, 0.6) is 5.75 Å². The number of anilines is 1. The fraction of sp³-hybridized carbons (Fsp3) is 0.250. The van der Waals surface area contributed by atoms with Crippen LogP contribution >= 0.6 is 23.2 Å². The second-order valence-electron chi connectivity index (χ2n) is 5.91. The van der Waals surface area contributed by atoms with Crippen molar-refractivity contribution in [2.75, 3.05) is 18.0 Å². The SMILES string of the molecule is CCN(CC)C1=C(C)N(C(=O)c2ccccc2)c2c(Cl)cc(Cl)cc2O1. The molecule has 6 heteroatoms. The van der Waals surface area contributed by atoms with E-state index in [1.54, 1.807) is 29.2 Å². The molecule has 1 aliphatic heterocycles. The average molecular weight is 391 g/mol. The Morgan fingerprint density at radius 3 is 2.38 bits per heavy atom. The zero-order chi connectivity index (χ0) is 18.8. The number of rotatable bonds is 4. The molecule has 0 bridgehead atoms. The highest BCUT2D eigenvalue weighted by Gasteiger charge is 2.33. The van der Waals surface area contributed by atoms with Gasteiger partial charge in [-0.25, -0.2) is 0 Å². The monoisotopic (exact) mass is 390 g/mol. The molecular formula is C20H20Cl2N2O2. The van der Waals surface area contributed by atoms with E-state index in [2.05, 4.69) is 4.90 Å². The first-order chi connectivity index (χ1) is 12.5. The number of fused-ring (bicyclic) bond motifs is 1. The molecular weight excluding hydrogens is 371 g/mol. The zero-order valence-corrected chi connectivity index (χ0v) is 16.4. The quantitative estimate of drug-likeness (QED) is 0.684. The number of carbonyl (C=O) groups is 1. The molecule has 1 aliphatic rings. The number of nitrogens with zero attached hydrogens (tertiary/aromatic N) is 2. The van der Waals surface area contributed by atoms with Crippen LogP contribution in [0.3, 0.4) is 0 Å². The minimum absolute atomic E-state index is 0.165. The summed E-state index contributed by atoms with van der Waals surface area (Å²) in [6.45, 7) is 7.44. The highest BCUT2D eigenvalue weighted by Crippen LogP contribution is 2.45. The maximum absolute atomic E-state index is 13.3. The first-order valence-electron chi connectivity index (χ1n) is 8.50. The molecule has 26 heavy (non-hydrogen) atoms. The summed E-state index contributed by atoms with van der Waals surface area (Å²) in [6, 6.07) is 12.4. The third-order valence-electron chi connectivity index (χ3n) is 4.34. The van der Waals surface area contributed by atoms with Crippen LogP contribution < -0.4 is 9.64 Å². The maximum Gasteiger partial charge on any atom is 0.262 e. The molecule has 0 N–H and O–H groups in total. The number of carbonyl (C=O) groups excluding carboxylic acids is 1. The molecule has 1 amide bonds. The second kappa shape index (κ2) is 7.60. The van der Waals surface area contributed by atoms with Gasteiger partial charge in [0.05, 0.1) is 10.7 Å². The Morgan fingerprint density at radius 1 is 1.12 bits per heavy atom. The first-order valence-corrected chi connectivity index (χ1v) is 9.25. The fourth-order valence-corrected chi connectivity index (χ4v) is 3.61. The van der Waals surface area contributed by atoms with E-state index in [0.717, 1.165) is 13.1 Å². The summed E-state index contributed by atoms with van der Waals surface area (Å²) in [6.07, 6.45) is 0. The summed E-state index contributed by atoms with van der Waals surface area (Å²) in [5.41, 5.74) is 1.78. The number of allylic oxidation sites excluding steroid dienone is 1. The van der Waals surface area contributed by atoms with Gasteiger partial charge >= 0.3 is 0 Å². The number of ether oxygens (including phenoxy) is 1. The smallest absolute Gasteiger partial charge is 0.262 e. The molecule has 0 unspecified atom stereocenters. The van der Waals surface area contributed by atoms with E-state index < -0.39 is 0 Å². The predicted molar refractivity (Wildman–Crippen MR) is 106 cm³/mol. The van der Waals surface area contributed by atoms with Crippen molar-refractivity contribution in [3.05, 3.63) is 69.7 Å². The maximum atomic E-state index is 13.3. The average Bonchev–Trinajstić information content (AvgIpc) is 2.63. The molecule has 0 fully saturated rings. The van der Waals surface area contributed by atoms with Crippen molar-refractivity contribution in [3.63, 3.8) is 0 Å². The lowest BCUT2D eigenvalue weighted by Gasteiger charge is -2.36. The molecule has 3 rings (SSSR count). The van der Waals surface area contributed by atoms with Crippen molar-refractivity contribution in [1.29, 1.82) is 0 Å². The zero-order valence-electron chi connectivity index (χ0n) is 14.9. The van der Waals surface area contributed by atoms with E-state index >= 15 is 0 Å². The van der Waals surface area contributed by atoms with Crippen molar-refractivity contribution < 1.29 is 9.53 Å². The molecule has 2 aromatic carbocycles. The molecule has 0 aromatic heterocycles. The van der Waals surface area contributed by atoms with Gasteiger partial charge in [-0.15, -0.1) is 0 Å². The number of hydrogen-bond donors (Lipinski definition) is 0. The van der Waals surface area contributed by atoms with Crippen LogP contribution in [-0.4, -0.2) is 23.9 Å². The molecule has 0 saturated heterocycles. The van der Waals surface area contributed by atoms with Gasteiger partial charge in [0, 0.05) is 29.7 Å². The van der Waals surface area contributed by atoms with Crippen molar-refractivity contribution >= 4 is 34.8 Å². The highest BCUT2D eigenvalue weighted by molar-refractivity contribution is 6.37. The van der Waals surface area contributed by atoms with E-state index in [-0.39, 0.29) is 5.91 Å². The Kier molecular flexibility index (Phi) is 5.44. The lowest BCUT2D eigenvalue weighted by atomic mass is 10.1. The van der Waals surface area contributed by atoms with Gasteiger partial charge in [0.2, 0.25) is 5.88 Å². The number of hydrogen-bond acceptors (Lipinski definition) is 3. The summed E-state index contributed by atoms with van der Waals surface area (Å²) in [5.74, 6) is 0.936. The Morgan fingerprint density at radius 2 is 1.77 bits per heavy atom. The molecule has 0 radical (unpaired) electrons. The van der Waals surface area contributed by atoms with E-state index in [1.807, 2.05) is 39.0 Å². The summed E-state index contributed by atoms with van der Waals surface area (Å²) < 4.78 is 6.11. The van der Waals surface area contributed by atoms with Gasteiger partial charge in [0.15, 0.2) is 5.75 Å². The largest absolute Gasteiger partial charge is 0.437 e. The lowest BCUT2D eigenvalue weighted by Crippen LogP contribution is -2.38. The minimum Gasteiger partial charge on any atom is -0.437 e. The van der Waals surface area contributed by atoms with Crippen molar-refractivity contribution in [2.24, 2.45) is 0 Å². The Labute approximate surface area is 163 Å². The molecule has 0 saturated carbocycles. The standard InChI is InChI=1S/C20H20Cl2N2O2/c1-4-23(5-2)20-13(3)24(19(25)14-9-7-6-8-10-14)18-16(22)11-15(21)12-17(18)26-20/h6-12H,4-5H2,1-3H3. The van der Waals surface area contributed by atoms with Crippen LogP contribution in [0.15, 0.2) is 54.0 Å². The fourth-order valence-electron chi connectivity index (χ4n) is 3.05. The Bertz CT molecular complexity index is 862. The summed E-state index contributed by atoms with van der Waals surface area (Å²) >= 11 is 12.6. The molecule has 4 nitrogen and oxygen atoms in total. The minimum atomic E-state index is -0.165. The van der Waals surface area contributed by atoms with Gasteiger partial charge in [0.25, 0.3) is 5.91 Å². The van der Waals surface area contributed by atoms with Crippen molar-refractivity contribution in [3.8, 4) is 5.75 Å². The van der Waals surface area contributed by atoms with Crippen molar-refractivity contribution in [1.82, 2.24) is 4.90 Å². The third-order valence-corrected chi connectivity index (χ3v) is 4.85. The highest BCUT2D eigenvalue weighted by atomic mass is 35.5. The normalized spacial score (nSPS) is 13.3. The van der Waals surface area contributed by atoms with E-state index in [4.69, 9.17) is 27.9 Å². The van der Waals surface area contributed by atoms with Crippen LogP contribution in [0.4, 0.5) is 5.69 Å². The summed E-state index contributed by atoms with van der Waals surface area (Å²) in [4.78, 5) is 16.9. The van der Waals surface area contributed by atoms with Crippen LogP contribution in [0.25, 0.3) is 0 Å². The summed E-state index contributed by atoms with van der Waals surface area (Å²) in [5, 5.41) is 0.828. The molecule has 0 spiro atoms. The number of halogens is 2. The van der Waals surface area contributed by atoms with E-state index in [9.17, 15) is 4.79 Å². The predicted octanol–water partition coefficient (Wildman–Crippen LogP) is 5.56. The van der Waals surface area contributed by atoms with E-state index in [1.165, 1.54) is 0 Å². The van der Waals surface area contributed by atoms with Gasteiger partial charge in [-0.1, -0.05) is 41.4 Å². The summed E-state index contributed by atoms with van der Waals surface area (Å²) in [7, 11) is 0. The van der Waals surface area contributed by atoms with Gasteiger partial charge in [-0.05, 0) is 39.0 Å². The Hall–Kier alpha value is -2.17. The second-order valence-corrected chi connectivity index (χ2v) is 6.75. The molecule has 1 heterocycles. The number of benzene rings is 2. The van der Waals surface area contributed by atoms with Gasteiger partial charge in [0.1, 0.15) is 5.69 Å². The molecule has 0 aliphatic carbocycles. The topological polar surface area (TPSA) is 32.8 Å². The number of amides is 1. The third kappa shape index (κ3) is 3.27. The van der Waals surface area contributed by atoms with Crippen molar-refractivity contribution in [2.45, 2.75) is 20.8 Å². The van der Waals surface area contributed by atoms with Gasteiger partial charge < -0.3 is 9.64 Å². The van der Waals surface area contributed by atoms with Crippen LogP contribution in [0, 0.1) is 0 Å². The van der Waals surface area contributed by atoms with E-state index in [0.29, 0.717) is 38.6 Å². The van der Waals surface area contributed by atoms with Crippen LogP contribution in [-0.2, 0) is 0 Å². The molecule has 136 valence electrons. The molecule has 2 aromatic rings. The Balaban J connectivity index is 2.20.